The van der Waals surface area contributed by atoms with Gasteiger partial charge in [-0.3, -0.25) is 0 Å². The Bertz CT molecular complexity index is 482. The van der Waals surface area contributed by atoms with E-state index in [2.05, 4.69) is 12.2 Å². The molecule has 1 N–H and O–H groups in total. The Morgan fingerprint density at radius 2 is 2.18 bits per heavy atom. The van der Waals surface area contributed by atoms with Crippen molar-refractivity contribution in [3.05, 3.63) is 47.4 Å². The van der Waals surface area contributed by atoms with Crippen molar-refractivity contribution in [1.82, 2.24) is 0 Å². The Labute approximate surface area is 105 Å². The molecule has 1 aromatic heterocycles. The van der Waals surface area contributed by atoms with Crippen molar-refractivity contribution in [1.29, 1.82) is 0 Å². The first-order valence-corrected chi connectivity index (χ1v) is 5.70. The summed E-state index contributed by atoms with van der Waals surface area (Å²) in [6.07, 6.45) is 3.39. The van der Waals surface area contributed by atoms with E-state index in [1.807, 2.05) is 24.3 Å². The predicted octanol–water partition coefficient (Wildman–Crippen LogP) is 4.11. The molecular weight excluding hydrogens is 238 g/mol. The van der Waals surface area contributed by atoms with E-state index in [0.717, 1.165) is 11.3 Å². The summed E-state index contributed by atoms with van der Waals surface area (Å²) in [7, 11) is 1.60. The first-order valence-electron chi connectivity index (χ1n) is 5.33. The number of methoxy groups -OCH3 is 1. The fourth-order valence-electron chi connectivity index (χ4n) is 1.60. The molecule has 0 bridgehead atoms. The number of benzene rings is 1. The van der Waals surface area contributed by atoms with Crippen LogP contribution in [0.5, 0.6) is 5.75 Å². The van der Waals surface area contributed by atoms with E-state index in [1.165, 1.54) is 0 Å². The Morgan fingerprint density at radius 3 is 2.82 bits per heavy atom. The lowest BCUT2D eigenvalue weighted by Crippen LogP contribution is -2.05. The molecular formula is C13H14ClNO2. The Hall–Kier alpha value is -1.61. The molecule has 2 rings (SSSR count). The molecule has 1 unspecified atom stereocenters. The molecule has 0 radical (unpaired) electrons. The van der Waals surface area contributed by atoms with Gasteiger partial charge >= 0.3 is 0 Å². The number of nitrogens with one attached hydrogen (secondary N) is 1. The number of halogens is 1. The van der Waals surface area contributed by atoms with Crippen molar-refractivity contribution in [2.75, 3.05) is 12.4 Å². The number of hydrogen-bond donors (Lipinski definition) is 1. The summed E-state index contributed by atoms with van der Waals surface area (Å²) in [4.78, 5) is 0. The fraction of sp³-hybridized carbons (Fsp3) is 0.231. The fourth-order valence-corrected chi connectivity index (χ4v) is 1.80. The van der Waals surface area contributed by atoms with Gasteiger partial charge < -0.3 is 14.5 Å². The van der Waals surface area contributed by atoms with Crippen LogP contribution in [0.15, 0.2) is 41.2 Å². The van der Waals surface area contributed by atoms with Crippen LogP contribution in [0.4, 0.5) is 5.69 Å². The summed E-state index contributed by atoms with van der Waals surface area (Å²) in [6, 6.07) is 7.70. The molecule has 0 spiro atoms. The van der Waals surface area contributed by atoms with E-state index in [4.69, 9.17) is 20.8 Å². The minimum Gasteiger partial charge on any atom is -0.495 e. The van der Waals surface area contributed by atoms with Gasteiger partial charge in [-0.15, -0.1) is 0 Å². The van der Waals surface area contributed by atoms with Crippen molar-refractivity contribution in [3.8, 4) is 5.75 Å². The Balaban J connectivity index is 2.13. The molecule has 0 fully saturated rings. The number of furan rings is 1. The predicted molar refractivity (Wildman–Crippen MR) is 68.7 cm³/mol. The second kappa shape index (κ2) is 5.15. The summed E-state index contributed by atoms with van der Waals surface area (Å²) >= 11 is 5.96. The van der Waals surface area contributed by atoms with E-state index < -0.39 is 0 Å². The van der Waals surface area contributed by atoms with E-state index in [0.29, 0.717) is 10.8 Å². The van der Waals surface area contributed by atoms with Crippen LogP contribution in [-0.2, 0) is 0 Å². The molecule has 3 nitrogen and oxygen atoms in total. The first kappa shape index (κ1) is 11.9. The van der Waals surface area contributed by atoms with Gasteiger partial charge in [0.25, 0.3) is 0 Å². The van der Waals surface area contributed by atoms with Crippen LogP contribution in [0, 0.1) is 0 Å². The zero-order valence-corrected chi connectivity index (χ0v) is 10.5. The number of rotatable bonds is 4. The van der Waals surface area contributed by atoms with Gasteiger partial charge in [0, 0.05) is 17.3 Å². The van der Waals surface area contributed by atoms with Crippen LogP contribution >= 0.6 is 11.6 Å². The van der Waals surface area contributed by atoms with Crippen molar-refractivity contribution in [2.45, 2.75) is 13.0 Å². The van der Waals surface area contributed by atoms with Crippen LogP contribution in [-0.4, -0.2) is 7.11 Å². The van der Waals surface area contributed by atoms with E-state index in [1.54, 1.807) is 19.6 Å². The molecule has 0 amide bonds. The van der Waals surface area contributed by atoms with Crippen molar-refractivity contribution in [2.24, 2.45) is 0 Å². The molecule has 2 aromatic rings. The molecule has 4 heteroatoms. The standard InChI is InChI=1S/C13H14ClNO2/c1-9(10-5-6-17-8-10)15-11-3-4-12(14)13(7-11)16-2/h3-9,15H,1-2H3. The Kier molecular flexibility index (Phi) is 3.59. The SMILES string of the molecule is COc1cc(NC(C)c2ccoc2)ccc1Cl. The molecule has 0 aliphatic rings. The van der Waals surface area contributed by atoms with Gasteiger partial charge in [-0.2, -0.15) is 0 Å². The number of anilines is 1. The number of hydrogen-bond acceptors (Lipinski definition) is 3. The van der Waals surface area contributed by atoms with Gasteiger partial charge in [-0.05, 0) is 25.1 Å². The van der Waals surface area contributed by atoms with Crippen LogP contribution < -0.4 is 10.1 Å². The summed E-state index contributed by atoms with van der Waals surface area (Å²) in [5.41, 5.74) is 2.05. The molecule has 0 saturated carbocycles. The largest absolute Gasteiger partial charge is 0.495 e. The van der Waals surface area contributed by atoms with Gasteiger partial charge in [0.15, 0.2) is 0 Å². The highest BCUT2D eigenvalue weighted by Crippen LogP contribution is 2.29. The quantitative estimate of drug-likeness (QED) is 0.888. The van der Waals surface area contributed by atoms with Crippen molar-refractivity contribution < 1.29 is 9.15 Å². The molecule has 0 saturated heterocycles. The lowest BCUT2D eigenvalue weighted by Gasteiger charge is -2.14. The van der Waals surface area contributed by atoms with Crippen LogP contribution in [0.3, 0.4) is 0 Å². The third-order valence-electron chi connectivity index (χ3n) is 2.58. The van der Waals surface area contributed by atoms with Gasteiger partial charge in [0.1, 0.15) is 5.75 Å². The maximum absolute atomic E-state index is 5.96. The number of ether oxygens (including phenoxy) is 1. The third kappa shape index (κ3) is 2.74. The molecule has 90 valence electrons. The topological polar surface area (TPSA) is 34.4 Å². The maximum atomic E-state index is 5.96. The molecule has 1 atom stereocenters. The van der Waals surface area contributed by atoms with Crippen molar-refractivity contribution >= 4 is 17.3 Å². The summed E-state index contributed by atoms with van der Waals surface area (Å²) in [6.45, 7) is 2.06. The zero-order chi connectivity index (χ0) is 12.3. The summed E-state index contributed by atoms with van der Waals surface area (Å²) in [5.74, 6) is 0.663. The smallest absolute Gasteiger partial charge is 0.139 e. The van der Waals surface area contributed by atoms with Crippen LogP contribution in [0.1, 0.15) is 18.5 Å². The normalized spacial score (nSPS) is 12.2. The van der Waals surface area contributed by atoms with E-state index in [-0.39, 0.29) is 6.04 Å². The van der Waals surface area contributed by atoms with Gasteiger partial charge in [-0.1, -0.05) is 11.6 Å². The molecule has 1 aromatic carbocycles. The van der Waals surface area contributed by atoms with Crippen molar-refractivity contribution in [3.63, 3.8) is 0 Å². The molecule has 0 aliphatic carbocycles. The van der Waals surface area contributed by atoms with Gasteiger partial charge in [0.2, 0.25) is 0 Å². The first-order chi connectivity index (χ1) is 8.20. The molecule has 17 heavy (non-hydrogen) atoms. The minimum absolute atomic E-state index is 0.166. The highest BCUT2D eigenvalue weighted by atomic mass is 35.5. The minimum atomic E-state index is 0.166. The van der Waals surface area contributed by atoms with Gasteiger partial charge in [0.05, 0.1) is 30.7 Å². The second-order valence-corrected chi connectivity index (χ2v) is 4.18. The molecule has 0 aliphatic heterocycles. The average Bonchev–Trinajstić information content (AvgIpc) is 2.85. The lowest BCUT2D eigenvalue weighted by molar-refractivity contribution is 0.415. The monoisotopic (exact) mass is 251 g/mol. The summed E-state index contributed by atoms with van der Waals surface area (Å²) in [5, 5.41) is 3.95. The van der Waals surface area contributed by atoms with Gasteiger partial charge in [-0.25, -0.2) is 0 Å². The second-order valence-electron chi connectivity index (χ2n) is 3.77. The zero-order valence-electron chi connectivity index (χ0n) is 9.74. The Morgan fingerprint density at radius 1 is 1.35 bits per heavy atom. The highest BCUT2D eigenvalue weighted by Gasteiger charge is 2.08. The van der Waals surface area contributed by atoms with Crippen LogP contribution in [0.2, 0.25) is 5.02 Å². The van der Waals surface area contributed by atoms with E-state index >= 15 is 0 Å². The lowest BCUT2D eigenvalue weighted by atomic mass is 10.1. The maximum Gasteiger partial charge on any atom is 0.139 e. The average molecular weight is 252 g/mol. The highest BCUT2D eigenvalue weighted by molar-refractivity contribution is 6.32. The third-order valence-corrected chi connectivity index (χ3v) is 2.89. The molecule has 1 heterocycles. The summed E-state index contributed by atoms with van der Waals surface area (Å²) < 4.78 is 10.2. The van der Waals surface area contributed by atoms with E-state index in [9.17, 15) is 0 Å². The van der Waals surface area contributed by atoms with Crippen LogP contribution in [0.25, 0.3) is 0 Å².